The normalized spacial score (nSPS) is 10.5. The Morgan fingerprint density at radius 2 is 1.77 bits per heavy atom. The van der Waals surface area contributed by atoms with Gasteiger partial charge in [0.05, 0.1) is 16.9 Å². The van der Waals surface area contributed by atoms with E-state index in [0.29, 0.717) is 16.5 Å². The van der Waals surface area contributed by atoms with Gasteiger partial charge in [0.25, 0.3) is 0 Å². The Balaban J connectivity index is 1.92. The lowest BCUT2D eigenvalue weighted by Gasteiger charge is -2.08. The number of ether oxygens (including phenoxy) is 1. The molecule has 0 radical (unpaired) electrons. The quantitative estimate of drug-likeness (QED) is 0.685. The van der Waals surface area contributed by atoms with Crippen LogP contribution in [-0.4, -0.2) is 15.7 Å². The predicted molar refractivity (Wildman–Crippen MR) is 84.7 cm³/mol. The molecule has 3 aromatic rings. The SMILES string of the molecule is Cc1cc(OC(=O)c2ccccc2)n(-c2ccc(Cl)cc2)n1. The highest BCUT2D eigenvalue weighted by Gasteiger charge is 2.14. The van der Waals surface area contributed by atoms with Crippen LogP contribution in [0, 0.1) is 6.92 Å². The highest BCUT2D eigenvalue weighted by atomic mass is 35.5. The van der Waals surface area contributed by atoms with Crippen molar-refractivity contribution < 1.29 is 9.53 Å². The monoisotopic (exact) mass is 312 g/mol. The molecule has 110 valence electrons. The molecule has 0 atom stereocenters. The summed E-state index contributed by atoms with van der Waals surface area (Å²) in [5.74, 6) is -0.0515. The van der Waals surface area contributed by atoms with E-state index in [0.717, 1.165) is 11.4 Å². The molecule has 1 aromatic heterocycles. The zero-order chi connectivity index (χ0) is 15.5. The fourth-order valence-electron chi connectivity index (χ4n) is 2.04. The van der Waals surface area contributed by atoms with E-state index in [1.807, 2.05) is 25.1 Å². The summed E-state index contributed by atoms with van der Waals surface area (Å²) in [7, 11) is 0. The number of aromatic nitrogens is 2. The van der Waals surface area contributed by atoms with E-state index in [-0.39, 0.29) is 0 Å². The van der Waals surface area contributed by atoms with E-state index in [1.165, 1.54) is 0 Å². The number of aryl methyl sites for hydroxylation is 1. The molecule has 0 aliphatic carbocycles. The molecule has 22 heavy (non-hydrogen) atoms. The molecule has 0 aliphatic heterocycles. The standard InChI is InChI=1S/C17H13ClN2O2/c1-12-11-16(22-17(21)13-5-3-2-4-6-13)20(19-12)15-9-7-14(18)8-10-15/h2-11H,1H3. The highest BCUT2D eigenvalue weighted by molar-refractivity contribution is 6.30. The van der Waals surface area contributed by atoms with Crippen molar-refractivity contribution in [3.63, 3.8) is 0 Å². The largest absolute Gasteiger partial charge is 0.404 e. The first-order valence-corrected chi connectivity index (χ1v) is 7.11. The van der Waals surface area contributed by atoms with Gasteiger partial charge in [-0.15, -0.1) is 0 Å². The second-order valence-electron chi connectivity index (χ2n) is 4.77. The Hall–Kier alpha value is -2.59. The first-order chi connectivity index (χ1) is 10.6. The number of hydrogen-bond donors (Lipinski definition) is 0. The molecule has 0 bridgehead atoms. The van der Waals surface area contributed by atoms with Crippen molar-refractivity contribution in [1.29, 1.82) is 0 Å². The molecule has 2 aromatic carbocycles. The maximum Gasteiger partial charge on any atom is 0.344 e. The third kappa shape index (κ3) is 3.02. The molecule has 4 nitrogen and oxygen atoms in total. The molecule has 0 saturated carbocycles. The lowest BCUT2D eigenvalue weighted by Crippen LogP contribution is -2.11. The summed E-state index contributed by atoms with van der Waals surface area (Å²) in [6.45, 7) is 1.84. The van der Waals surface area contributed by atoms with Gasteiger partial charge in [0.15, 0.2) is 0 Å². The van der Waals surface area contributed by atoms with E-state index in [1.54, 1.807) is 47.1 Å². The number of rotatable bonds is 3. The first-order valence-electron chi connectivity index (χ1n) is 6.73. The van der Waals surface area contributed by atoms with E-state index < -0.39 is 5.97 Å². The van der Waals surface area contributed by atoms with Crippen LogP contribution in [0.2, 0.25) is 5.02 Å². The second kappa shape index (κ2) is 6.03. The summed E-state index contributed by atoms with van der Waals surface area (Å²) in [6.07, 6.45) is 0. The highest BCUT2D eigenvalue weighted by Crippen LogP contribution is 2.21. The van der Waals surface area contributed by atoms with E-state index in [2.05, 4.69) is 5.10 Å². The van der Waals surface area contributed by atoms with E-state index >= 15 is 0 Å². The number of halogens is 1. The average Bonchev–Trinajstić information content (AvgIpc) is 2.89. The van der Waals surface area contributed by atoms with Crippen LogP contribution in [0.1, 0.15) is 16.1 Å². The minimum absolute atomic E-state index is 0.369. The fraction of sp³-hybridized carbons (Fsp3) is 0.0588. The van der Waals surface area contributed by atoms with Crippen LogP contribution in [0.25, 0.3) is 5.69 Å². The number of hydrogen-bond acceptors (Lipinski definition) is 3. The van der Waals surface area contributed by atoms with E-state index in [9.17, 15) is 4.79 Å². The Morgan fingerprint density at radius 3 is 2.45 bits per heavy atom. The van der Waals surface area contributed by atoms with Gasteiger partial charge in [-0.05, 0) is 43.3 Å². The third-order valence-corrected chi connectivity index (χ3v) is 3.33. The number of esters is 1. The molecule has 1 heterocycles. The van der Waals surface area contributed by atoms with Crippen LogP contribution in [-0.2, 0) is 0 Å². The van der Waals surface area contributed by atoms with E-state index in [4.69, 9.17) is 16.3 Å². The van der Waals surface area contributed by atoms with Gasteiger partial charge >= 0.3 is 5.97 Å². The van der Waals surface area contributed by atoms with Crippen molar-refractivity contribution in [2.45, 2.75) is 6.92 Å². The minimum Gasteiger partial charge on any atom is -0.404 e. The van der Waals surface area contributed by atoms with Crippen LogP contribution in [0.3, 0.4) is 0 Å². The van der Waals surface area contributed by atoms with Gasteiger partial charge in [0.1, 0.15) is 0 Å². The first kappa shape index (κ1) is 14.4. The summed E-state index contributed by atoms with van der Waals surface area (Å²) < 4.78 is 7.04. The maximum absolute atomic E-state index is 12.2. The Kier molecular flexibility index (Phi) is 3.94. The van der Waals surface area contributed by atoms with Crippen LogP contribution in [0.5, 0.6) is 5.88 Å². The van der Waals surface area contributed by atoms with Crippen molar-refractivity contribution in [3.05, 3.63) is 76.9 Å². The van der Waals surface area contributed by atoms with Gasteiger partial charge < -0.3 is 4.74 Å². The van der Waals surface area contributed by atoms with Gasteiger partial charge in [0.2, 0.25) is 5.88 Å². The molecule has 0 saturated heterocycles. The van der Waals surface area contributed by atoms with Gasteiger partial charge in [-0.1, -0.05) is 29.8 Å². The van der Waals surface area contributed by atoms with Crippen LogP contribution < -0.4 is 4.74 Å². The Labute approximate surface area is 132 Å². The average molecular weight is 313 g/mol. The summed E-state index contributed by atoms with van der Waals surface area (Å²) in [4.78, 5) is 12.2. The molecule has 0 unspecified atom stereocenters. The molecule has 0 spiro atoms. The smallest absolute Gasteiger partial charge is 0.344 e. The molecule has 0 fully saturated rings. The van der Waals surface area contributed by atoms with Crippen LogP contribution in [0.4, 0.5) is 0 Å². The lowest BCUT2D eigenvalue weighted by atomic mass is 10.2. The minimum atomic E-state index is -0.421. The molecular weight excluding hydrogens is 300 g/mol. The van der Waals surface area contributed by atoms with Crippen LogP contribution >= 0.6 is 11.6 Å². The predicted octanol–water partition coefficient (Wildman–Crippen LogP) is 4.05. The molecule has 5 heteroatoms. The second-order valence-corrected chi connectivity index (χ2v) is 5.20. The summed E-state index contributed by atoms with van der Waals surface area (Å²) >= 11 is 5.89. The number of benzene rings is 2. The molecule has 0 N–H and O–H groups in total. The molecule has 0 aliphatic rings. The Bertz CT molecular complexity index is 795. The van der Waals surface area contributed by atoms with Crippen LogP contribution in [0.15, 0.2) is 60.7 Å². The van der Waals surface area contributed by atoms with Gasteiger partial charge in [0, 0.05) is 11.1 Å². The van der Waals surface area contributed by atoms with Gasteiger partial charge in [-0.2, -0.15) is 5.10 Å². The zero-order valence-corrected chi connectivity index (χ0v) is 12.6. The lowest BCUT2D eigenvalue weighted by molar-refractivity contribution is 0.0723. The summed E-state index contributed by atoms with van der Waals surface area (Å²) in [5.41, 5.74) is 2.02. The van der Waals surface area contributed by atoms with Crippen molar-refractivity contribution in [2.24, 2.45) is 0 Å². The molecule has 0 amide bonds. The summed E-state index contributed by atoms with van der Waals surface area (Å²) in [5, 5.41) is 4.99. The number of carbonyl (C=O) groups is 1. The van der Waals surface area contributed by atoms with Crippen molar-refractivity contribution in [1.82, 2.24) is 9.78 Å². The number of carbonyl (C=O) groups excluding carboxylic acids is 1. The van der Waals surface area contributed by atoms with Crippen molar-refractivity contribution >= 4 is 17.6 Å². The maximum atomic E-state index is 12.2. The third-order valence-electron chi connectivity index (χ3n) is 3.08. The fourth-order valence-corrected chi connectivity index (χ4v) is 2.17. The van der Waals surface area contributed by atoms with Gasteiger partial charge in [-0.25, -0.2) is 9.48 Å². The zero-order valence-electron chi connectivity index (χ0n) is 11.9. The molecule has 3 rings (SSSR count). The van der Waals surface area contributed by atoms with Crippen molar-refractivity contribution in [2.75, 3.05) is 0 Å². The Morgan fingerprint density at radius 1 is 1.09 bits per heavy atom. The topological polar surface area (TPSA) is 44.1 Å². The van der Waals surface area contributed by atoms with Crippen molar-refractivity contribution in [3.8, 4) is 11.6 Å². The number of nitrogens with zero attached hydrogens (tertiary/aromatic N) is 2. The van der Waals surface area contributed by atoms with Gasteiger partial charge in [-0.3, -0.25) is 0 Å². The molecular formula is C17H13ClN2O2. The summed E-state index contributed by atoms with van der Waals surface area (Å²) in [6, 6.07) is 17.7.